The van der Waals surface area contributed by atoms with Crippen LogP contribution in [0.15, 0.2) is 88.8 Å². The second kappa shape index (κ2) is 9.44. The van der Waals surface area contributed by atoms with Gasteiger partial charge in [0.25, 0.3) is 11.2 Å². The fourth-order valence-corrected chi connectivity index (χ4v) is 3.96. The number of anilines is 1. The van der Waals surface area contributed by atoms with E-state index in [0.29, 0.717) is 28.3 Å². The molecular formula is C23H18N4O4S. The molecular weight excluding hydrogens is 428 g/mol. The Morgan fingerprint density at radius 1 is 1.00 bits per heavy atom. The molecule has 0 aliphatic carbocycles. The van der Waals surface area contributed by atoms with Crippen LogP contribution in [0.2, 0.25) is 0 Å². The lowest BCUT2D eigenvalue weighted by atomic mass is 10.2. The van der Waals surface area contributed by atoms with Crippen LogP contribution in [0.4, 0.5) is 11.4 Å². The lowest BCUT2D eigenvalue weighted by Crippen LogP contribution is -2.24. The van der Waals surface area contributed by atoms with Crippen molar-refractivity contribution < 1.29 is 9.72 Å². The number of nitrogens with zero attached hydrogens (tertiary/aromatic N) is 3. The van der Waals surface area contributed by atoms with E-state index in [1.807, 2.05) is 36.4 Å². The number of thioether (sulfide) groups is 1. The number of hydrogen-bond donors (Lipinski definition) is 1. The van der Waals surface area contributed by atoms with Gasteiger partial charge in [-0.2, -0.15) is 0 Å². The lowest BCUT2D eigenvalue weighted by molar-refractivity contribution is -0.384. The fraction of sp³-hybridized carbons (Fsp3) is 0.0870. The van der Waals surface area contributed by atoms with Gasteiger partial charge in [0, 0.05) is 17.8 Å². The number of nitrogens with one attached hydrogen (secondary N) is 1. The van der Waals surface area contributed by atoms with E-state index in [1.165, 1.54) is 24.3 Å². The molecule has 0 aliphatic rings. The number of rotatable bonds is 7. The number of nitro benzene ring substituents is 1. The molecule has 0 spiro atoms. The molecule has 3 aromatic carbocycles. The maximum atomic E-state index is 13.1. The number of hydrogen-bond acceptors (Lipinski definition) is 6. The summed E-state index contributed by atoms with van der Waals surface area (Å²) < 4.78 is 1.57. The molecule has 9 heteroatoms. The maximum Gasteiger partial charge on any atom is 0.269 e. The fourth-order valence-electron chi connectivity index (χ4n) is 3.16. The molecule has 0 aliphatic heterocycles. The Kier molecular flexibility index (Phi) is 6.27. The standard InChI is InChI=1S/C23H18N4O4S/c28-21(24-17-10-12-18(13-11-17)27(30)31)15-32-23-25-20-9-5-4-8-19(20)22(29)26(23)14-16-6-2-1-3-7-16/h1-13H,14-15H2,(H,24,28). The molecule has 1 aromatic heterocycles. The lowest BCUT2D eigenvalue weighted by Gasteiger charge is -2.13. The Labute approximate surface area is 187 Å². The van der Waals surface area contributed by atoms with E-state index in [1.54, 1.807) is 22.8 Å². The highest BCUT2D eigenvalue weighted by atomic mass is 32.2. The molecule has 0 saturated carbocycles. The van der Waals surface area contributed by atoms with Crippen molar-refractivity contribution in [1.82, 2.24) is 9.55 Å². The molecule has 4 aromatic rings. The van der Waals surface area contributed by atoms with Gasteiger partial charge in [-0.15, -0.1) is 0 Å². The third-order valence-electron chi connectivity index (χ3n) is 4.70. The summed E-state index contributed by atoms with van der Waals surface area (Å²) in [5, 5.41) is 14.4. The summed E-state index contributed by atoms with van der Waals surface area (Å²) in [6.45, 7) is 0.337. The largest absolute Gasteiger partial charge is 0.325 e. The topological polar surface area (TPSA) is 107 Å². The molecule has 8 nitrogen and oxygen atoms in total. The first-order chi connectivity index (χ1) is 15.5. The van der Waals surface area contributed by atoms with Crippen LogP contribution in [0.5, 0.6) is 0 Å². The quantitative estimate of drug-likeness (QED) is 0.198. The summed E-state index contributed by atoms with van der Waals surface area (Å²) >= 11 is 1.16. The van der Waals surface area contributed by atoms with E-state index in [0.717, 1.165) is 17.3 Å². The molecule has 1 amide bonds. The van der Waals surface area contributed by atoms with Crippen molar-refractivity contribution in [3.8, 4) is 0 Å². The molecule has 1 heterocycles. The predicted molar refractivity (Wildman–Crippen MR) is 124 cm³/mol. The second-order valence-corrected chi connectivity index (χ2v) is 7.87. The molecule has 160 valence electrons. The second-order valence-electron chi connectivity index (χ2n) is 6.93. The van der Waals surface area contributed by atoms with Crippen LogP contribution in [0.3, 0.4) is 0 Å². The van der Waals surface area contributed by atoms with Crippen LogP contribution in [-0.4, -0.2) is 26.1 Å². The summed E-state index contributed by atoms with van der Waals surface area (Å²) in [6, 6.07) is 22.3. The number of amides is 1. The molecule has 4 rings (SSSR count). The summed E-state index contributed by atoms with van der Waals surface area (Å²) in [5.74, 6) is -0.283. The Bertz CT molecular complexity index is 1340. The minimum atomic E-state index is -0.501. The highest BCUT2D eigenvalue weighted by molar-refractivity contribution is 7.99. The van der Waals surface area contributed by atoms with Crippen LogP contribution in [0.1, 0.15) is 5.56 Å². The summed E-state index contributed by atoms with van der Waals surface area (Å²) in [7, 11) is 0. The molecule has 0 saturated heterocycles. The Hall–Kier alpha value is -3.98. The molecule has 0 radical (unpaired) electrons. The Morgan fingerprint density at radius 2 is 1.69 bits per heavy atom. The van der Waals surface area contributed by atoms with Crippen LogP contribution < -0.4 is 10.9 Å². The smallest absolute Gasteiger partial charge is 0.269 e. The van der Waals surface area contributed by atoms with Gasteiger partial charge >= 0.3 is 0 Å². The molecule has 0 fully saturated rings. The van der Waals surface area contributed by atoms with E-state index in [9.17, 15) is 19.7 Å². The first-order valence-corrected chi connectivity index (χ1v) is 10.7. The molecule has 0 bridgehead atoms. The van der Waals surface area contributed by atoms with Crippen molar-refractivity contribution in [2.24, 2.45) is 0 Å². The number of fused-ring (bicyclic) bond motifs is 1. The van der Waals surface area contributed by atoms with Gasteiger partial charge in [0.1, 0.15) is 0 Å². The Morgan fingerprint density at radius 3 is 2.41 bits per heavy atom. The van der Waals surface area contributed by atoms with Crippen molar-refractivity contribution in [2.45, 2.75) is 11.7 Å². The summed E-state index contributed by atoms with van der Waals surface area (Å²) in [4.78, 5) is 40.4. The minimum Gasteiger partial charge on any atom is -0.325 e. The van der Waals surface area contributed by atoms with Gasteiger partial charge in [-0.3, -0.25) is 24.3 Å². The van der Waals surface area contributed by atoms with Crippen molar-refractivity contribution in [3.05, 3.63) is 105 Å². The molecule has 0 unspecified atom stereocenters. The number of nitro groups is 1. The van der Waals surface area contributed by atoms with Crippen LogP contribution in [0.25, 0.3) is 10.9 Å². The van der Waals surface area contributed by atoms with E-state index in [2.05, 4.69) is 10.3 Å². The highest BCUT2D eigenvalue weighted by Crippen LogP contribution is 2.20. The van der Waals surface area contributed by atoms with Gasteiger partial charge in [0.15, 0.2) is 5.16 Å². The van der Waals surface area contributed by atoms with Crippen molar-refractivity contribution in [2.75, 3.05) is 11.1 Å². The van der Waals surface area contributed by atoms with E-state index in [-0.39, 0.29) is 22.9 Å². The number of carbonyl (C=O) groups is 1. The van der Waals surface area contributed by atoms with Crippen molar-refractivity contribution in [3.63, 3.8) is 0 Å². The SMILES string of the molecule is O=C(CSc1nc2ccccc2c(=O)n1Cc1ccccc1)Nc1ccc([N+](=O)[O-])cc1. The summed E-state index contributed by atoms with van der Waals surface area (Å²) in [6.07, 6.45) is 0. The number of benzene rings is 3. The van der Waals surface area contributed by atoms with Gasteiger partial charge in [0.2, 0.25) is 5.91 Å². The van der Waals surface area contributed by atoms with Crippen LogP contribution in [0, 0.1) is 10.1 Å². The van der Waals surface area contributed by atoms with Gasteiger partial charge in [-0.05, 0) is 29.8 Å². The number of para-hydroxylation sites is 1. The van der Waals surface area contributed by atoms with E-state index < -0.39 is 4.92 Å². The number of aromatic nitrogens is 2. The average molecular weight is 446 g/mol. The zero-order valence-corrected chi connectivity index (χ0v) is 17.6. The van der Waals surface area contributed by atoms with Gasteiger partial charge in [-0.1, -0.05) is 54.2 Å². The first kappa shape index (κ1) is 21.3. The highest BCUT2D eigenvalue weighted by Gasteiger charge is 2.14. The maximum absolute atomic E-state index is 13.1. The number of non-ortho nitro benzene ring substituents is 1. The third-order valence-corrected chi connectivity index (χ3v) is 5.68. The van der Waals surface area contributed by atoms with Gasteiger partial charge in [-0.25, -0.2) is 4.98 Å². The zero-order valence-electron chi connectivity index (χ0n) is 16.8. The van der Waals surface area contributed by atoms with E-state index in [4.69, 9.17) is 0 Å². The first-order valence-electron chi connectivity index (χ1n) is 9.72. The van der Waals surface area contributed by atoms with Crippen molar-refractivity contribution in [1.29, 1.82) is 0 Å². The molecule has 32 heavy (non-hydrogen) atoms. The van der Waals surface area contributed by atoms with Crippen molar-refractivity contribution >= 4 is 39.9 Å². The molecule has 1 N–H and O–H groups in total. The normalized spacial score (nSPS) is 10.8. The number of carbonyl (C=O) groups excluding carboxylic acids is 1. The van der Waals surface area contributed by atoms with E-state index >= 15 is 0 Å². The van der Waals surface area contributed by atoms with Crippen LogP contribution in [-0.2, 0) is 11.3 Å². The average Bonchev–Trinajstić information content (AvgIpc) is 2.81. The Balaban J connectivity index is 1.56. The van der Waals surface area contributed by atoms with Crippen LogP contribution >= 0.6 is 11.8 Å². The third kappa shape index (κ3) is 4.84. The van der Waals surface area contributed by atoms with Gasteiger partial charge in [0.05, 0.1) is 28.1 Å². The summed E-state index contributed by atoms with van der Waals surface area (Å²) in [5.41, 5.74) is 1.75. The van der Waals surface area contributed by atoms with Gasteiger partial charge < -0.3 is 5.32 Å². The monoisotopic (exact) mass is 446 g/mol. The molecule has 0 atom stereocenters. The minimum absolute atomic E-state index is 0.0244. The predicted octanol–water partition coefficient (Wildman–Crippen LogP) is 4.08. The zero-order chi connectivity index (χ0) is 22.5.